The SMILES string of the molecule is CC(=O)N[C@H]1[C@@H](O)O[C@H](CO)[C@@H](O)C1(F)F. The monoisotopic (exact) mass is 241 g/mol. The molecular formula is C8H13F2NO5. The molecule has 1 rings (SSSR count). The van der Waals surface area contributed by atoms with Crippen molar-refractivity contribution in [2.75, 3.05) is 6.61 Å². The van der Waals surface area contributed by atoms with Crippen molar-refractivity contribution in [1.82, 2.24) is 5.32 Å². The lowest BCUT2D eigenvalue weighted by Crippen LogP contribution is -2.67. The predicted octanol–water partition coefficient (Wildman–Crippen LogP) is -1.80. The van der Waals surface area contributed by atoms with Crippen LogP contribution >= 0.6 is 0 Å². The number of rotatable bonds is 2. The summed E-state index contributed by atoms with van der Waals surface area (Å²) >= 11 is 0. The molecule has 0 aromatic rings. The molecule has 94 valence electrons. The number of hydrogen-bond donors (Lipinski definition) is 4. The van der Waals surface area contributed by atoms with Gasteiger partial charge in [-0.15, -0.1) is 0 Å². The van der Waals surface area contributed by atoms with E-state index in [1.165, 1.54) is 0 Å². The highest BCUT2D eigenvalue weighted by Crippen LogP contribution is 2.33. The van der Waals surface area contributed by atoms with Crippen LogP contribution in [-0.4, -0.2) is 58.3 Å². The van der Waals surface area contributed by atoms with Gasteiger partial charge in [-0.25, -0.2) is 8.78 Å². The van der Waals surface area contributed by atoms with Crippen LogP contribution in [0.1, 0.15) is 6.92 Å². The van der Waals surface area contributed by atoms with Crippen molar-refractivity contribution < 1.29 is 33.6 Å². The summed E-state index contributed by atoms with van der Waals surface area (Å²) < 4.78 is 31.5. The molecule has 0 aromatic heterocycles. The minimum Gasteiger partial charge on any atom is -0.394 e. The van der Waals surface area contributed by atoms with Crippen LogP contribution in [0.5, 0.6) is 0 Å². The fourth-order valence-corrected chi connectivity index (χ4v) is 1.48. The van der Waals surface area contributed by atoms with Gasteiger partial charge < -0.3 is 25.4 Å². The maximum atomic E-state index is 13.5. The Hall–Kier alpha value is -0.830. The van der Waals surface area contributed by atoms with Gasteiger partial charge in [0, 0.05) is 6.92 Å². The average molecular weight is 241 g/mol. The Labute approximate surface area is 89.8 Å². The minimum absolute atomic E-state index is 0.790. The fraction of sp³-hybridized carbons (Fsp3) is 0.875. The molecular weight excluding hydrogens is 228 g/mol. The molecule has 0 bridgehead atoms. The van der Waals surface area contributed by atoms with Crippen LogP contribution in [0.2, 0.25) is 0 Å². The molecule has 0 aliphatic carbocycles. The van der Waals surface area contributed by atoms with Gasteiger partial charge in [0.2, 0.25) is 5.91 Å². The summed E-state index contributed by atoms with van der Waals surface area (Å²) in [5.74, 6) is -4.57. The smallest absolute Gasteiger partial charge is 0.300 e. The van der Waals surface area contributed by atoms with Gasteiger partial charge in [0.1, 0.15) is 18.2 Å². The number of nitrogens with one attached hydrogen (secondary N) is 1. The number of aliphatic hydroxyl groups is 3. The lowest BCUT2D eigenvalue weighted by molar-refractivity contribution is -0.301. The lowest BCUT2D eigenvalue weighted by Gasteiger charge is -2.42. The number of carbonyl (C=O) groups is 1. The highest BCUT2D eigenvalue weighted by Gasteiger charge is 2.58. The molecule has 1 saturated heterocycles. The van der Waals surface area contributed by atoms with Crippen LogP contribution in [0.4, 0.5) is 8.78 Å². The zero-order chi connectivity index (χ0) is 12.5. The lowest BCUT2D eigenvalue weighted by atomic mass is 9.96. The van der Waals surface area contributed by atoms with Crippen LogP contribution < -0.4 is 5.32 Å². The molecule has 6 nitrogen and oxygen atoms in total. The van der Waals surface area contributed by atoms with Crippen molar-refractivity contribution in [1.29, 1.82) is 0 Å². The molecule has 0 radical (unpaired) electrons. The average Bonchev–Trinajstić information content (AvgIpc) is 2.18. The predicted molar refractivity (Wildman–Crippen MR) is 46.5 cm³/mol. The quantitative estimate of drug-likeness (QED) is 0.457. The number of ether oxygens (including phenoxy) is 1. The Morgan fingerprint density at radius 2 is 2.06 bits per heavy atom. The van der Waals surface area contributed by atoms with Gasteiger partial charge in [0.25, 0.3) is 0 Å². The van der Waals surface area contributed by atoms with E-state index < -0.39 is 43.0 Å². The van der Waals surface area contributed by atoms with E-state index in [1.807, 2.05) is 0 Å². The number of amides is 1. The van der Waals surface area contributed by atoms with E-state index in [0.29, 0.717) is 0 Å². The van der Waals surface area contributed by atoms with E-state index in [-0.39, 0.29) is 0 Å². The third-order valence-electron chi connectivity index (χ3n) is 2.30. The van der Waals surface area contributed by atoms with Crippen molar-refractivity contribution >= 4 is 5.91 Å². The van der Waals surface area contributed by atoms with Gasteiger partial charge in [-0.1, -0.05) is 0 Å². The van der Waals surface area contributed by atoms with E-state index in [9.17, 15) is 23.8 Å². The summed E-state index contributed by atoms with van der Waals surface area (Å²) in [6.45, 7) is 0.133. The normalized spacial score (nSPS) is 38.1. The second-order valence-corrected chi connectivity index (χ2v) is 3.55. The van der Waals surface area contributed by atoms with Crippen molar-refractivity contribution in [3.63, 3.8) is 0 Å². The van der Waals surface area contributed by atoms with Crippen molar-refractivity contribution in [2.45, 2.75) is 37.4 Å². The summed E-state index contributed by atoms with van der Waals surface area (Å²) in [4.78, 5) is 10.7. The van der Waals surface area contributed by atoms with Crippen molar-refractivity contribution in [3.8, 4) is 0 Å². The van der Waals surface area contributed by atoms with E-state index in [4.69, 9.17) is 5.11 Å². The minimum atomic E-state index is -3.78. The number of aliphatic hydroxyl groups excluding tert-OH is 3. The molecule has 0 saturated carbocycles. The summed E-state index contributed by atoms with van der Waals surface area (Å²) in [7, 11) is 0. The third kappa shape index (κ3) is 2.29. The summed E-state index contributed by atoms with van der Waals surface area (Å²) in [6, 6.07) is -2.04. The zero-order valence-corrected chi connectivity index (χ0v) is 8.43. The first kappa shape index (κ1) is 13.2. The van der Waals surface area contributed by atoms with Crippen LogP contribution in [0, 0.1) is 0 Å². The summed E-state index contributed by atoms with van der Waals surface area (Å²) in [6.07, 6.45) is -5.87. The first-order chi connectivity index (χ1) is 7.30. The molecule has 4 atom stereocenters. The first-order valence-corrected chi connectivity index (χ1v) is 4.58. The van der Waals surface area contributed by atoms with Gasteiger partial charge >= 0.3 is 5.92 Å². The Morgan fingerprint density at radius 1 is 1.50 bits per heavy atom. The second kappa shape index (κ2) is 4.58. The van der Waals surface area contributed by atoms with E-state index in [0.717, 1.165) is 6.92 Å². The van der Waals surface area contributed by atoms with Crippen molar-refractivity contribution in [2.24, 2.45) is 0 Å². The summed E-state index contributed by atoms with van der Waals surface area (Å²) in [5.41, 5.74) is 0. The Kier molecular flexibility index (Phi) is 3.79. The highest BCUT2D eigenvalue weighted by molar-refractivity contribution is 5.73. The van der Waals surface area contributed by atoms with Gasteiger partial charge in [-0.2, -0.15) is 0 Å². The molecule has 1 fully saturated rings. The topological polar surface area (TPSA) is 99.0 Å². The standard InChI is InChI=1S/C8H13F2NO5/c1-3(13)11-5-7(15)16-4(2-12)6(14)8(5,9)10/h4-7,12,14-15H,2H2,1H3,(H,11,13)/t4-,5+,6-,7+/m1/s1. The maximum absolute atomic E-state index is 13.5. The van der Waals surface area contributed by atoms with E-state index in [2.05, 4.69) is 4.74 Å². The number of carbonyl (C=O) groups excluding carboxylic acids is 1. The molecule has 8 heteroatoms. The van der Waals surface area contributed by atoms with Crippen LogP contribution in [-0.2, 0) is 9.53 Å². The Bertz CT molecular complexity index is 275. The molecule has 1 aliphatic rings. The molecule has 1 aliphatic heterocycles. The Morgan fingerprint density at radius 3 is 2.50 bits per heavy atom. The summed E-state index contributed by atoms with van der Waals surface area (Å²) in [5, 5.41) is 28.9. The molecule has 4 N–H and O–H groups in total. The molecule has 16 heavy (non-hydrogen) atoms. The Balaban J connectivity index is 2.89. The van der Waals surface area contributed by atoms with E-state index in [1.54, 1.807) is 5.32 Å². The van der Waals surface area contributed by atoms with Gasteiger partial charge in [0.05, 0.1) is 6.61 Å². The maximum Gasteiger partial charge on any atom is 0.300 e. The number of halogens is 2. The van der Waals surface area contributed by atoms with Gasteiger partial charge in [-0.3, -0.25) is 4.79 Å². The van der Waals surface area contributed by atoms with Crippen molar-refractivity contribution in [3.05, 3.63) is 0 Å². The second-order valence-electron chi connectivity index (χ2n) is 3.55. The highest BCUT2D eigenvalue weighted by atomic mass is 19.3. The van der Waals surface area contributed by atoms with Gasteiger partial charge in [-0.05, 0) is 0 Å². The van der Waals surface area contributed by atoms with E-state index >= 15 is 0 Å². The van der Waals surface area contributed by atoms with Crippen LogP contribution in [0.3, 0.4) is 0 Å². The first-order valence-electron chi connectivity index (χ1n) is 4.58. The molecule has 1 amide bonds. The van der Waals surface area contributed by atoms with Crippen LogP contribution in [0.25, 0.3) is 0 Å². The molecule has 0 unspecified atom stereocenters. The molecule has 1 heterocycles. The number of alkyl halides is 2. The fourth-order valence-electron chi connectivity index (χ4n) is 1.48. The number of hydrogen-bond acceptors (Lipinski definition) is 5. The zero-order valence-electron chi connectivity index (χ0n) is 8.43. The van der Waals surface area contributed by atoms with Crippen LogP contribution in [0.15, 0.2) is 0 Å². The largest absolute Gasteiger partial charge is 0.394 e. The third-order valence-corrected chi connectivity index (χ3v) is 2.30. The van der Waals surface area contributed by atoms with Gasteiger partial charge in [0.15, 0.2) is 6.29 Å². The molecule has 0 aromatic carbocycles. The molecule has 0 spiro atoms.